The fourth-order valence-corrected chi connectivity index (χ4v) is 1.24. The van der Waals surface area contributed by atoms with Crippen LogP contribution in [-0.4, -0.2) is 32.8 Å². The van der Waals surface area contributed by atoms with Gasteiger partial charge in [-0.3, -0.25) is 9.48 Å². The van der Waals surface area contributed by atoms with Crippen molar-refractivity contribution in [2.24, 2.45) is 0 Å². The van der Waals surface area contributed by atoms with E-state index < -0.39 is 24.0 Å². The number of aromatic nitrogens is 2. The van der Waals surface area contributed by atoms with E-state index in [0.29, 0.717) is 0 Å². The van der Waals surface area contributed by atoms with E-state index in [1.54, 1.807) is 25.4 Å². The van der Waals surface area contributed by atoms with Crippen molar-refractivity contribution in [3.05, 3.63) is 18.5 Å². The van der Waals surface area contributed by atoms with Crippen molar-refractivity contribution in [2.75, 3.05) is 0 Å². The van der Waals surface area contributed by atoms with Gasteiger partial charge in [0.1, 0.15) is 12.1 Å². The molecule has 0 fully saturated rings. The molecule has 2 unspecified atom stereocenters. The minimum absolute atomic E-state index is 0.0487. The Bertz CT molecular complexity index is 433. The van der Waals surface area contributed by atoms with Crippen molar-refractivity contribution in [1.82, 2.24) is 15.1 Å². The van der Waals surface area contributed by atoms with Gasteiger partial charge in [0.15, 0.2) is 0 Å². The maximum absolute atomic E-state index is 11.7. The van der Waals surface area contributed by atoms with Crippen molar-refractivity contribution < 1.29 is 14.7 Å². The SMILES string of the molecule is C#CCC(NC(=O)C(C)n1cccn1)C(=O)O. The van der Waals surface area contributed by atoms with Gasteiger partial charge in [0, 0.05) is 18.8 Å². The molecule has 1 amide bonds. The lowest BCUT2D eigenvalue weighted by Gasteiger charge is -2.16. The number of nitrogens with zero attached hydrogens (tertiary/aromatic N) is 2. The minimum Gasteiger partial charge on any atom is -0.480 e. The molecule has 0 spiro atoms. The van der Waals surface area contributed by atoms with E-state index in [9.17, 15) is 9.59 Å². The van der Waals surface area contributed by atoms with E-state index in [1.807, 2.05) is 0 Å². The molecule has 6 heteroatoms. The molecule has 17 heavy (non-hydrogen) atoms. The highest BCUT2D eigenvalue weighted by atomic mass is 16.4. The average molecular weight is 235 g/mol. The molecule has 0 bridgehead atoms. The van der Waals surface area contributed by atoms with Crippen LogP contribution in [0.4, 0.5) is 0 Å². The number of rotatable bonds is 5. The van der Waals surface area contributed by atoms with E-state index in [2.05, 4.69) is 16.3 Å². The second kappa shape index (κ2) is 5.70. The number of carboxylic acid groups (broad SMARTS) is 1. The molecule has 0 aliphatic rings. The number of hydrogen-bond donors (Lipinski definition) is 2. The molecule has 0 saturated heterocycles. The monoisotopic (exact) mass is 235 g/mol. The highest BCUT2D eigenvalue weighted by molar-refractivity contribution is 5.85. The second-order valence-electron chi connectivity index (χ2n) is 3.47. The summed E-state index contributed by atoms with van der Waals surface area (Å²) in [5, 5.41) is 15.1. The van der Waals surface area contributed by atoms with Gasteiger partial charge in [-0.15, -0.1) is 12.3 Å². The van der Waals surface area contributed by atoms with Gasteiger partial charge in [-0.05, 0) is 13.0 Å². The number of carbonyl (C=O) groups excluding carboxylic acids is 1. The third-order valence-corrected chi connectivity index (χ3v) is 2.24. The lowest BCUT2D eigenvalue weighted by Crippen LogP contribution is -2.43. The predicted molar refractivity (Wildman–Crippen MR) is 60.0 cm³/mol. The van der Waals surface area contributed by atoms with Crippen LogP contribution in [0, 0.1) is 12.3 Å². The van der Waals surface area contributed by atoms with E-state index in [-0.39, 0.29) is 6.42 Å². The Morgan fingerprint density at radius 3 is 2.82 bits per heavy atom. The van der Waals surface area contributed by atoms with Crippen molar-refractivity contribution in [2.45, 2.75) is 25.4 Å². The molecule has 0 saturated carbocycles. The molecular weight excluding hydrogens is 222 g/mol. The van der Waals surface area contributed by atoms with Crippen LogP contribution in [0.3, 0.4) is 0 Å². The fourth-order valence-electron chi connectivity index (χ4n) is 1.24. The largest absolute Gasteiger partial charge is 0.480 e. The number of amides is 1. The van der Waals surface area contributed by atoms with E-state index in [0.717, 1.165) is 0 Å². The molecule has 1 aromatic heterocycles. The Balaban J connectivity index is 2.65. The van der Waals surface area contributed by atoms with Gasteiger partial charge in [0.05, 0.1) is 0 Å². The molecule has 6 nitrogen and oxygen atoms in total. The minimum atomic E-state index is -1.15. The summed E-state index contributed by atoms with van der Waals surface area (Å²) in [7, 11) is 0. The van der Waals surface area contributed by atoms with Crippen LogP contribution < -0.4 is 5.32 Å². The Labute approximate surface area is 98.6 Å². The molecule has 0 aliphatic heterocycles. The van der Waals surface area contributed by atoms with E-state index in [1.165, 1.54) is 4.68 Å². The van der Waals surface area contributed by atoms with E-state index in [4.69, 9.17) is 11.5 Å². The van der Waals surface area contributed by atoms with Crippen LogP contribution in [-0.2, 0) is 9.59 Å². The zero-order chi connectivity index (χ0) is 12.8. The highest BCUT2D eigenvalue weighted by Gasteiger charge is 2.22. The fraction of sp³-hybridized carbons (Fsp3) is 0.364. The van der Waals surface area contributed by atoms with Crippen molar-refractivity contribution in [3.8, 4) is 12.3 Å². The number of nitrogens with one attached hydrogen (secondary N) is 1. The molecule has 1 aromatic rings. The van der Waals surface area contributed by atoms with Crippen LogP contribution in [0.1, 0.15) is 19.4 Å². The zero-order valence-corrected chi connectivity index (χ0v) is 9.33. The van der Waals surface area contributed by atoms with E-state index >= 15 is 0 Å². The molecular formula is C11H13N3O3. The first-order chi connectivity index (χ1) is 8.06. The van der Waals surface area contributed by atoms with Gasteiger partial charge in [-0.2, -0.15) is 5.10 Å². The smallest absolute Gasteiger partial charge is 0.327 e. The number of carbonyl (C=O) groups is 2. The Morgan fingerprint density at radius 2 is 2.35 bits per heavy atom. The number of aliphatic carboxylic acids is 1. The summed E-state index contributed by atoms with van der Waals surface area (Å²) < 4.78 is 1.43. The number of hydrogen-bond acceptors (Lipinski definition) is 3. The zero-order valence-electron chi connectivity index (χ0n) is 9.33. The summed E-state index contributed by atoms with van der Waals surface area (Å²) in [6.07, 6.45) is 8.15. The molecule has 1 rings (SSSR count). The van der Waals surface area contributed by atoms with Gasteiger partial charge in [0.25, 0.3) is 0 Å². The lowest BCUT2D eigenvalue weighted by molar-refractivity contribution is -0.142. The maximum Gasteiger partial charge on any atom is 0.327 e. The molecule has 1 heterocycles. The summed E-state index contributed by atoms with van der Waals surface area (Å²) in [5.74, 6) is 0.627. The topological polar surface area (TPSA) is 84.2 Å². The Morgan fingerprint density at radius 1 is 1.65 bits per heavy atom. The third-order valence-electron chi connectivity index (χ3n) is 2.24. The maximum atomic E-state index is 11.7. The first-order valence-corrected chi connectivity index (χ1v) is 5.02. The first kappa shape index (κ1) is 12.8. The molecule has 0 aliphatic carbocycles. The molecule has 2 N–H and O–H groups in total. The van der Waals surface area contributed by atoms with Gasteiger partial charge in [-0.1, -0.05) is 0 Å². The predicted octanol–water partition coefficient (Wildman–Crippen LogP) is 0.0368. The van der Waals surface area contributed by atoms with Crippen molar-refractivity contribution >= 4 is 11.9 Å². The highest BCUT2D eigenvalue weighted by Crippen LogP contribution is 2.04. The summed E-state index contributed by atoms with van der Waals surface area (Å²) >= 11 is 0. The molecule has 90 valence electrons. The molecule has 0 radical (unpaired) electrons. The van der Waals surface area contributed by atoms with Crippen LogP contribution in [0.2, 0.25) is 0 Å². The average Bonchev–Trinajstić information content (AvgIpc) is 2.80. The van der Waals surface area contributed by atoms with Crippen LogP contribution in [0.25, 0.3) is 0 Å². The second-order valence-corrected chi connectivity index (χ2v) is 3.47. The molecule has 2 atom stereocenters. The summed E-state index contributed by atoms with van der Waals surface area (Å²) in [5.41, 5.74) is 0. The first-order valence-electron chi connectivity index (χ1n) is 5.02. The van der Waals surface area contributed by atoms with Crippen LogP contribution in [0.15, 0.2) is 18.5 Å². The van der Waals surface area contributed by atoms with Crippen molar-refractivity contribution in [3.63, 3.8) is 0 Å². The number of carboxylic acids is 1. The van der Waals surface area contributed by atoms with Gasteiger partial charge < -0.3 is 10.4 Å². The van der Waals surface area contributed by atoms with Gasteiger partial charge >= 0.3 is 5.97 Å². The quantitative estimate of drug-likeness (QED) is 0.705. The van der Waals surface area contributed by atoms with Crippen LogP contribution in [0.5, 0.6) is 0 Å². The Kier molecular flexibility index (Phi) is 4.29. The Hall–Kier alpha value is -2.29. The normalized spacial score (nSPS) is 13.4. The van der Waals surface area contributed by atoms with Crippen LogP contribution >= 0.6 is 0 Å². The lowest BCUT2D eigenvalue weighted by atomic mass is 10.2. The van der Waals surface area contributed by atoms with Gasteiger partial charge in [-0.25, -0.2) is 4.79 Å². The summed E-state index contributed by atoms with van der Waals surface area (Å²) in [6.45, 7) is 1.62. The third kappa shape index (κ3) is 3.34. The summed E-state index contributed by atoms with van der Waals surface area (Å²) in [4.78, 5) is 22.5. The van der Waals surface area contributed by atoms with Crippen molar-refractivity contribution in [1.29, 1.82) is 0 Å². The summed E-state index contributed by atoms with van der Waals surface area (Å²) in [6, 6.07) is 0.0371. The van der Waals surface area contributed by atoms with Gasteiger partial charge in [0.2, 0.25) is 5.91 Å². The number of terminal acetylenes is 1. The standard InChI is InChI=1S/C11H13N3O3/c1-3-5-9(11(16)17)13-10(15)8(2)14-7-4-6-12-14/h1,4,6-9H,5H2,2H3,(H,13,15)(H,16,17). The molecule has 0 aromatic carbocycles.